The fraction of sp³-hybridized carbons (Fsp3) is 0.696. The van der Waals surface area contributed by atoms with Gasteiger partial charge in [-0.25, -0.2) is 12.7 Å². The van der Waals surface area contributed by atoms with Crippen molar-refractivity contribution in [3.8, 4) is 0 Å². The van der Waals surface area contributed by atoms with Gasteiger partial charge >= 0.3 is 0 Å². The summed E-state index contributed by atoms with van der Waals surface area (Å²) in [7, 11) is -3.47. The minimum Gasteiger partial charge on any atom is -0.390 e. The highest BCUT2D eigenvalue weighted by molar-refractivity contribution is 7.89. The lowest BCUT2D eigenvalue weighted by Crippen LogP contribution is -2.48. The number of rotatable bonds is 16. The van der Waals surface area contributed by atoms with Gasteiger partial charge in [0.1, 0.15) is 0 Å². The molecular formula is C23H41N3O4S. The molecule has 0 saturated heterocycles. The Labute approximate surface area is 188 Å². The van der Waals surface area contributed by atoms with Gasteiger partial charge in [-0.2, -0.15) is 0 Å². The Morgan fingerprint density at radius 1 is 1.10 bits per heavy atom. The van der Waals surface area contributed by atoms with Crippen molar-refractivity contribution in [2.24, 2.45) is 5.92 Å². The van der Waals surface area contributed by atoms with Crippen LogP contribution < -0.4 is 10.6 Å². The van der Waals surface area contributed by atoms with Gasteiger partial charge in [-0.15, -0.1) is 0 Å². The molecule has 0 aliphatic rings. The van der Waals surface area contributed by atoms with E-state index in [2.05, 4.69) is 10.6 Å². The van der Waals surface area contributed by atoms with Gasteiger partial charge in [-0.1, -0.05) is 58.0 Å². The number of hydrogen-bond donors (Lipinski definition) is 3. The number of sulfonamides is 1. The van der Waals surface area contributed by atoms with Gasteiger partial charge in [0.2, 0.25) is 15.9 Å². The molecule has 0 heterocycles. The summed E-state index contributed by atoms with van der Waals surface area (Å²) in [6.45, 7) is 9.85. The second-order valence-electron chi connectivity index (χ2n) is 8.45. The summed E-state index contributed by atoms with van der Waals surface area (Å²) in [5.41, 5.74) is 1.12. The first kappa shape index (κ1) is 27.6. The first-order chi connectivity index (χ1) is 14.7. The average Bonchev–Trinajstić information content (AvgIpc) is 2.72. The highest BCUT2D eigenvalue weighted by atomic mass is 32.2. The van der Waals surface area contributed by atoms with Gasteiger partial charge in [-0.3, -0.25) is 4.79 Å². The molecule has 0 radical (unpaired) electrons. The van der Waals surface area contributed by atoms with Crippen molar-refractivity contribution in [3.63, 3.8) is 0 Å². The zero-order valence-electron chi connectivity index (χ0n) is 19.5. The third-order valence-electron chi connectivity index (χ3n) is 4.99. The summed E-state index contributed by atoms with van der Waals surface area (Å²) < 4.78 is 26.6. The Morgan fingerprint density at radius 2 is 1.71 bits per heavy atom. The van der Waals surface area contributed by atoms with Gasteiger partial charge in [0, 0.05) is 32.6 Å². The van der Waals surface area contributed by atoms with Crippen LogP contribution in [0.1, 0.15) is 58.9 Å². The summed E-state index contributed by atoms with van der Waals surface area (Å²) in [5.74, 6) is -0.276. The second kappa shape index (κ2) is 14.6. The van der Waals surface area contributed by atoms with Crippen LogP contribution in [0, 0.1) is 5.92 Å². The average molecular weight is 456 g/mol. The number of benzene rings is 1. The fourth-order valence-electron chi connectivity index (χ4n) is 3.44. The quantitative estimate of drug-likeness (QED) is 0.356. The Kier molecular flexibility index (Phi) is 12.9. The molecule has 0 aliphatic carbocycles. The Hall–Kier alpha value is -1.48. The van der Waals surface area contributed by atoms with Crippen LogP contribution in [0.5, 0.6) is 0 Å². The topological polar surface area (TPSA) is 98.7 Å². The number of aliphatic hydroxyl groups excluding tert-OH is 1. The zero-order valence-corrected chi connectivity index (χ0v) is 20.3. The van der Waals surface area contributed by atoms with Crippen molar-refractivity contribution >= 4 is 15.9 Å². The van der Waals surface area contributed by atoms with E-state index in [1.807, 2.05) is 58.0 Å². The molecule has 31 heavy (non-hydrogen) atoms. The van der Waals surface area contributed by atoms with E-state index in [9.17, 15) is 18.3 Å². The van der Waals surface area contributed by atoms with Crippen LogP contribution in [-0.4, -0.2) is 61.3 Å². The molecule has 2 atom stereocenters. The zero-order chi connectivity index (χ0) is 23.3. The molecular weight excluding hydrogens is 414 g/mol. The van der Waals surface area contributed by atoms with Crippen molar-refractivity contribution < 1.29 is 18.3 Å². The van der Waals surface area contributed by atoms with E-state index < -0.39 is 22.2 Å². The van der Waals surface area contributed by atoms with Crippen molar-refractivity contribution in [2.75, 3.05) is 25.4 Å². The first-order valence-electron chi connectivity index (χ1n) is 11.4. The maximum atomic E-state index is 12.6. The molecule has 0 bridgehead atoms. The predicted molar refractivity (Wildman–Crippen MR) is 126 cm³/mol. The van der Waals surface area contributed by atoms with Crippen LogP contribution in [0.25, 0.3) is 0 Å². The van der Waals surface area contributed by atoms with Crippen LogP contribution in [0.15, 0.2) is 30.3 Å². The van der Waals surface area contributed by atoms with Crippen molar-refractivity contribution in [1.82, 2.24) is 14.9 Å². The van der Waals surface area contributed by atoms with E-state index in [0.29, 0.717) is 32.6 Å². The molecule has 0 fully saturated rings. The third kappa shape index (κ3) is 11.1. The van der Waals surface area contributed by atoms with Crippen LogP contribution in [-0.2, 0) is 21.4 Å². The monoisotopic (exact) mass is 455 g/mol. The molecule has 0 spiro atoms. The Morgan fingerprint density at radius 3 is 2.26 bits per heavy atom. The molecule has 178 valence electrons. The number of amides is 1. The highest BCUT2D eigenvalue weighted by Gasteiger charge is 2.25. The van der Waals surface area contributed by atoms with Crippen molar-refractivity contribution in [3.05, 3.63) is 35.9 Å². The van der Waals surface area contributed by atoms with Gasteiger partial charge in [0.15, 0.2) is 0 Å². The van der Waals surface area contributed by atoms with Gasteiger partial charge in [-0.05, 0) is 30.7 Å². The van der Waals surface area contributed by atoms with E-state index >= 15 is 0 Å². The second-order valence-corrected chi connectivity index (χ2v) is 10.5. The molecule has 1 amide bonds. The van der Waals surface area contributed by atoms with Crippen molar-refractivity contribution in [1.29, 1.82) is 0 Å². The molecule has 3 N–H and O–H groups in total. The molecule has 0 saturated carbocycles. The predicted octanol–water partition coefficient (Wildman–Crippen LogP) is 2.51. The van der Waals surface area contributed by atoms with E-state index in [-0.39, 0.29) is 24.0 Å². The summed E-state index contributed by atoms with van der Waals surface area (Å²) in [5, 5.41) is 16.7. The number of hydrogen-bond acceptors (Lipinski definition) is 5. The lowest BCUT2D eigenvalue weighted by Gasteiger charge is -2.26. The van der Waals surface area contributed by atoms with Crippen LogP contribution in [0.2, 0.25) is 0 Å². The lowest BCUT2D eigenvalue weighted by molar-refractivity contribution is -0.122. The van der Waals surface area contributed by atoms with E-state index in [4.69, 9.17) is 0 Å². The SMILES string of the molecule is CCCN(CCC)S(=O)(=O)CCC(=O)N[C@@H](CC(C)C)[C@H](O)CNCc1ccccc1. The number of aliphatic hydroxyl groups is 1. The van der Waals surface area contributed by atoms with Gasteiger partial charge in [0.25, 0.3) is 0 Å². The van der Waals surface area contributed by atoms with E-state index in [1.165, 1.54) is 4.31 Å². The molecule has 1 rings (SSSR count). The smallest absolute Gasteiger partial charge is 0.221 e. The van der Waals surface area contributed by atoms with Crippen LogP contribution >= 0.6 is 0 Å². The molecule has 0 aromatic heterocycles. The Balaban J connectivity index is 2.59. The van der Waals surface area contributed by atoms with Gasteiger partial charge < -0.3 is 15.7 Å². The van der Waals surface area contributed by atoms with Gasteiger partial charge in [0.05, 0.1) is 17.9 Å². The summed E-state index contributed by atoms with van der Waals surface area (Å²) in [6.07, 6.45) is 1.23. The molecule has 1 aromatic carbocycles. The standard InChI is InChI=1S/C23H41N3O4S/c1-5-13-26(14-6-2)31(29,30)15-12-23(28)25-21(16-19(3)4)22(27)18-24-17-20-10-8-7-9-11-20/h7-11,19,21-22,24,27H,5-6,12-18H2,1-4H3,(H,25,28)/t21-,22+/m0/s1. The lowest BCUT2D eigenvalue weighted by atomic mass is 9.98. The maximum absolute atomic E-state index is 12.6. The first-order valence-corrected chi connectivity index (χ1v) is 13.0. The fourth-order valence-corrected chi connectivity index (χ4v) is 5.06. The number of nitrogens with one attached hydrogen (secondary N) is 2. The molecule has 0 aliphatic heterocycles. The number of nitrogens with zero attached hydrogens (tertiary/aromatic N) is 1. The molecule has 8 heteroatoms. The maximum Gasteiger partial charge on any atom is 0.221 e. The third-order valence-corrected chi connectivity index (χ3v) is 6.86. The normalized spacial score (nSPS) is 14.0. The summed E-state index contributed by atoms with van der Waals surface area (Å²) in [6, 6.07) is 9.47. The van der Waals surface area contributed by atoms with Crippen LogP contribution in [0.4, 0.5) is 0 Å². The Bertz CT molecular complexity index is 720. The number of carbonyl (C=O) groups excluding carboxylic acids is 1. The molecule has 1 aromatic rings. The van der Waals surface area contributed by atoms with Crippen LogP contribution in [0.3, 0.4) is 0 Å². The largest absolute Gasteiger partial charge is 0.390 e. The molecule has 7 nitrogen and oxygen atoms in total. The minimum atomic E-state index is -3.47. The minimum absolute atomic E-state index is 0.106. The number of carbonyl (C=O) groups is 1. The summed E-state index contributed by atoms with van der Waals surface area (Å²) >= 11 is 0. The van der Waals surface area contributed by atoms with E-state index in [1.54, 1.807) is 0 Å². The van der Waals surface area contributed by atoms with Crippen molar-refractivity contribution in [2.45, 2.75) is 72.1 Å². The molecule has 0 unspecified atom stereocenters. The van der Waals surface area contributed by atoms with E-state index in [0.717, 1.165) is 18.4 Å². The highest BCUT2D eigenvalue weighted by Crippen LogP contribution is 2.10. The summed E-state index contributed by atoms with van der Waals surface area (Å²) in [4.78, 5) is 12.5.